The van der Waals surface area contributed by atoms with Crippen molar-refractivity contribution in [2.24, 2.45) is 11.8 Å². The minimum Gasteiger partial charge on any atom is -0.303 e. The maximum atomic E-state index is 2.64. The first-order valence-electron chi connectivity index (χ1n) is 4.89. The summed E-state index contributed by atoms with van der Waals surface area (Å²) in [6.07, 6.45) is 0. The van der Waals surface area contributed by atoms with E-state index in [1.165, 1.54) is 19.6 Å². The summed E-state index contributed by atoms with van der Waals surface area (Å²) < 4.78 is 0.503. The number of rotatable bonds is 1. The molecule has 2 atom stereocenters. The van der Waals surface area contributed by atoms with Crippen molar-refractivity contribution in [1.82, 2.24) is 4.90 Å². The molecule has 1 fully saturated rings. The average molecular weight is 281 g/mol. The second kappa shape index (κ2) is 3.82. The van der Waals surface area contributed by atoms with Crippen LogP contribution in [0.1, 0.15) is 27.7 Å². The lowest BCUT2D eigenvalue weighted by Gasteiger charge is -2.45. The van der Waals surface area contributed by atoms with Crippen LogP contribution in [0.3, 0.4) is 0 Å². The zero-order chi connectivity index (χ0) is 9.35. The number of halogens is 1. The second-order valence-corrected chi connectivity index (χ2v) is 6.63. The molecule has 1 aliphatic rings. The molecular weight excluding hydrogens is 261 g/mol. The van der Waals surface area contributed by atoms with E-state index in [4.69, 9.17) is 0 Å². The third kappa shape index (κ3) is 1.95. The predicted octanol–water partition coefficient (Wildman–Crippen LogP) is 2.79. The Morgan fingerprint density at radius 1 is 1.33 bits per heavy atom. The molecule has 1 heterocycles. The highest BCUT2D eigenvalue weighted by Crippen LogP contribution is 2.39. The van der Waals surface area contributed by atoms with Crippen LogP contribution in [-0.4, -0.2) is 28.0 Å². The maximum Gasteiger partial charge on any atom is 0.0269 e. The van der Waals surface area contributed by atoms with Crippen LogP contribution in [0.4, 0.5) is 0 Å². The normalized spacial score (nSPS) is 44.8. The van der Waals surface area contributed by atoms with Gasteiger partial charge in [0, 0.05) is 16.5 Å². The van der Waals surface area contributed by atoms with Gasteiger partial charge >= 0.3 is 0 Å². The molecular formula is C10H20IN. The molecule has 1 rings (SSSR count). The minimum absolute atomic E-state index is 0.503. The summed E-state index contributed by atoms with van der Waals surface area (Å²) in [4.78, 5) is 2.57. The van der Waals surface area contributed by atoms with E-state index in [-0.39, 0.29) is 0 Å². The zero-order valence-electron chi connectivity index (χ0n) is 8.60. The number of piperidine rings is 1. The lowest BCUT2D eigenvalue weighted by Crippen LogP contribution is -2.51. The van der Waals surface area contributed by atoms with E-state index in [1.807, 2.05) is 0 Å². The lowest BCUT2D eigenvalue weighted by atomic mass is 9.81. The molecule has 2 unspecified atom stereocenters. The highest BCUT2D eigenvalue weighted by Gasteiger charge is 2.39. The summed E-state index contributed by atoms with van der Waals surface area (Å²) in [7, 11) is 0. The zero-order valence-corrected chi connectivity index (χ0v) is 10.8. The molecule has 0 spiro atoms. The number of nitrogens with zero attached hydrogens (tertiary/aromatic N) is 1. The molecule has 0 aromatic heterocycles. The van der Waals surface area contributed by atoms with E-state index in [0.29, 0.717) is 3.42 Å². The molecule has 2 heteroatoms. The Morgan fingerprint density at radius 3 is 2.08 bits per heavy atom. The second-order valence-electron chi connectivity index (χ2n) is 4.31. The van der Waals surface area contributed by atoms with E-state index < -0.39 is 0 Å². The molecule has 72 valence electrons. The molecule has 1 aliphatic heterocycles. The summed E-state index contributed by atoms with van der Waals surface area (Å²) in [5.74, 6) is 1.64. The van der Waals surface area contributed by atoms with Gasteiger partial charge in [-0.1, -0.05) is 43.4 Å². The highest BCUT2D eigenvalue weighted by molar-refractivity contribution is 14.1. The van der Waals surface area contributed by atoms with Crippen molar-refractivity contribution < 1.29 is 0 Å². The lowest BCUT2D eigenvalue weighted by molar-refractivity contribution is 0.122. The first-order chi connectivity index (χ1) is 5.48. The van der Waals surface area contributed by atoms with Gasteiger partial charge in [0.1, 0.15) is 0 Å². The Labute approximate surface area is 90.0 Å². The predicted molar refractivity (Wildman–Crippen MR) is 62.9 cm³/mol. The van der Waals surface area contributed by atoms with Crippen LogP contribution in [-0.2, 0) is 0 Å². The molecule has 0 N–H and O–H groups in total. The van der Waals surface area contributed by atoms with Gasteiger partial charge in [0.05, 0.1) is 0 Å². The minimum atomic E-state index is 0.503. The molecule has 0 aromatic rings. The van der Waals surface area contributed by atoms with Crippen molar-refractivity contribution in [3.05, 3.63) is 0 Å². The van der Waals surface area contributed by atoms with Gasteiger partial charge in [-0.15, -0.1) is 0 Å². The Bertz CT molecular complexity index is 142. The van der Waals surface area contributed by atoms with Crippen LogP contribution in [0.25, 0.3) is 0 Å². The van der Waals surface area contributed by atoms with Gasteiger partial charge in [0.25, 0.3) is 0 Å². The Kier molecular flexibility index (Phi) is 3.43. The first kappa shape index (κ1) is 10.8. The van der Waals surface area contributed by atoms with Gasteiger partial charge in [-0.25, -0.2) is 0 Å². The fourth-order valence-electron chi connectivity index (χ4n) is 1.95. The molecule has 0 aromatic carbocycles. The number of hydrogen-bond acceptors (Lipinski definition) is 1. The van der Waals surface area contributed by atoms with E-state index in [2.05, 4.69) is 55.2 Å². The van der Waals surface area contributed by atoms with E-state index in [1.54, 1.807) is 0 Å². The number of hydrogen-bond donors (Lipinski definition) is 0. The molecule has 0 saturated carbocycles. The summed E-state index contributed by atoms with van der Waals surface area (Å²) in [6.45, 7) is 13.2. The Hall–Kier alpha value is 0.690. The molecule has 0 amide bonds. The molecule has 0 radical (unpaired) electrons. The number of alkyl halides is 1. The van der Waals surface area contributed by atoms with Crippen LogP contribution in [0, 0.1) is 11.8 Å². The van der Waals surface area contributed by atoms with Crippen molar-refractivity contribution in [3.8, 4) is 0 Å². The van der Waals surface area contributed by atoms with Gasteiger partial charge in [-0.3, -0.25) is 0 Å². The van der Waals surface area contributed by atoms with Gasteiger partial charge in [-0.05, 0) is 25.3 Å². The fourth-order valence-corrected chi connectivity index (χ4v) is 2.34. The summed E-state index contributed by atoms with van der Waals surface area (Å²) >= 11 is 2.64. The van der Waals surface area contributed by atoms with Crippen LogP contribution >= 0.6 is 22.6 Å². The van der Waals surface area contributed by atoms with E-state index >= 15 is 0 Å². The van der Waals surface area contributed by atoms with Crippen LogP contribution in [0.15, 0.2) is 0 Å². The molecule has 1 saturated heterocycles. The van der Waals surface area contributed by atoms with Crippen molar-refractivity contribution >= 4 is 22.6 Å². The van der Waals surface area contributed by atoms with Gasteiger partial charge in [0.2, 0.25) is 0 Å². The van der Waals surface area contributed by atoms with Crippen LogP contribution in [0.2, 0.25) is 0 Å². The quantitative estimate of drug-likeness (QED) is 0.527. The van der Waals surface area contributed by atoms with Crippen molar-refractivity contribution in [3.63, 3.8) is 0 Å². The molecule has 0 aliphatic carbocycles. The van der Waals surface area contributed by atoms with Crippen molar-refractivity contribution in [2.75, 3.05) is 19.6 Å². The number of likely N-dealkylation sites (tertiary alicyclic amines) is 1. The molecule has 12 heavy (non-hydrogen) atoms. The van der Waals surface area contributed by atoms with E-state index in [0.717, 1.165) is 11.8 Å². The largest absolute Gasteiger partial charge is 0.303 e. The smallest absolute Gasteiger partial charge is 0.0269 e. The van der Waals surface area contributed by atoms with Crippen molar-refractivity contribution in [2.45, 2.75) is 31.1 Å². The van der Waals surface area contributed by atoms with Gasteiger partial charge < -0.3 is 4.90 Å². The maximum absolute atomic E-state index is 2.64. The monoisotopic (exact) mass is 281 g/mol. The Balaban J connectivity index is 2.64. The topological polar surface area (TPSA) is 3.24 Å². The third-order valence-electron chi connectivity index (χ3n) is 3.44. The summed E-state index contributed by atoms with van der Waals surface area (Å²) in [5, 5.41) is 0. The van der Waals surface area contributed by atoms with Gasteiger partial charge in [0.15, 0.2) is 0 Å². The van der Waals surface area contributed by atoms with Crippen molar-refractivity contribution in [1.29, 1.82) is 0 Å². The molecule has 1 nitrogen and oxygen atoms in total. The van der Waals surface area contributed by atoms with E-state index in [9.17, 15) is 0 Å². The van der Waals surface area contributed by atoms with Crippen LogP contribution < -0.4 is 0 Å². The summed E-state index contributed by atoms with van der Waals surface area (Å²) in [6, 6.07) is 0. The highest BCUT2D eigenvalue weighted by atomic mass is 127. The third-order valence-corrected chi connectivity index (χ3v) is 5.56. The SMILES string of the molecule is CCN1CC(C)C(C)(I)C(C)C1. The van der Waals surface area contributed by atoms with Crippen LogP contribution in [0.5, 0.6) is 0 Å². The first-order valence-corrected chi connectivity index (χ1v) is 5.97. The molecule has 0 bridgehead atoms. The van der Waals surface area contributed by atoms with Gasteiger partial charge in [-0.2, -0.15) is 0 Å². The standard InChI is InChI=1S/C10H20IN/c1-5-12-6-8(2)10(4,11)9(3)7-12/h8-9H,5-7H2,1-4H3. The Morgan fingerprint density at radius 2 is 1.75 bits per heavy atom. The average Bonchev–Trinajstić information content (AvgIpc) is 2.00. The fraction of sp³-hybridized carbons (Fsp3) is 1.00. The summed E-state index contributed by atoms with van der Waals surface area (Å²) in [5.41, 5.74) is 0.